The van der Waals surface area contributed by atoms with Gasteiger partial charge in [0.25, 0.3) is 0 Å². The number of aliphatic hydroxyl groups is 5. The number of unbranched alkanes of at least 4 members (excludes halogenated alkanes) is 22. The standard InChI is InChI=1S/C47H87O12P/c1-3-5-7-9-11-13-15-17-19-20-21-23-25-27-29-31-33-35-37-56-38-40(39-57-60(54,55)59-47-45(52)43(50)42(49)44(51)46(47)53)58-41(48)36-34-32-30-28-26-24-22-18-16-14-12-10-8-6-4-2/h6,8,12,14,18,22,40,42-47,49-53H,3-5,7,9-11,13,15-17,19-21,23-39H2,1-2H3,(H,54,55)/b8-6-,14-12-,22-18-. The Morgan fingerprint density at radius 2 is 0.983 bits per heavy atom. The van der Waals surface area contributed by atoms with E-state index in [-0.39, 0.29) is 13.0 Å². The van der Waals surface area contributed by atoms with E-state index in [1.165, 1.54) is 96.3 Å². The maximum Gasteiger partial charge on any atom is 0.472 e. The third-order valence-electron chi connectivity index (χ3n) is 11.0. The molecule has 60 heavy (non-hydrogen) atoms. The molecule has 13 heteroatoms. The van der Waals surface area contributed by atoms with Crippen LogP contribution in [0.2, 0.25) is 0 Å². The molecule has 0 aromatic rings. The van der Waals surface area contributed by atoms with Crippen LogP contribution in [0.3, 0.4) is 0 Å². The summed E-state index contributed by atoms with van der Waals surface area (Å²) in [7, 11) is -5.02. The molecule has 1 saturated carbocycles. The lowest BCUT2D eigenvalue weighted by Gasteiger charge is -2.41. The lowest BCUT2D eigenvalue weighted by molar-refractivity contribution is -0.220. The van der Waals surface area contributed by atoms with Gasteiger partial charge in [0.05, 0.1) is 13.2 Å². The average molecular weight is 875 g/mol. The minimum absolute atomic E-state index is 0.0811. The van der Waals surface area contributed by atoms with Gasteiger partial charge in [0.1, 0.15) is 42.7 Å². The fourth-order valence-corrected chi connectivity index (χ4v) is 8.23. The summed E-state index contributed by atoms with van der Waals surface area (Å²) in [5.41, 5.74) is 0. The van der Waals surface area contributed by atoms with E-state index in [0.717, 1.165) is 70.6 Å². The Bertz CT molecular complexity index is 1130. The number of rotatable bonds is 40. The molecule has 0 aromatic heterocycles. The number of phosphoric ester groups is 1. The molecule has 1 aliphatic carbocycles. The van der Waals surface area contributed by atoms with Crippen LogP contribution in [-0.4, -0.2) is 98.9 Å². The fraction of sp³-hybridized carbons (Fsp3) is 0.851. The Kier molecular flexibility index (Phi) is 35.9. The molecule has 6 atom stereocenters. The van der Waals surface area contributed by atoms with E-state index in [2.05, 4.69) is 50.3 Å². The van der Waals surface area contributed by atoms with Crippen molar-refractivity contribution in [3.63, 3.8) is 0 Å². The Labute approximate surface area is 363 Å². The predicted octanol–water partition coefficient (Wildman–Crippen LogP) is 9.87. The Balaban J connectivity index is 2.38. The molecule has 1 fully saturated rings. The van der Waals surface area contributed by atoms with Gasteiger partial charge in [-0.05, 0) is 44.9 Å². The van der Waals surface area contributed by atoms with Gasteiger partial charge in [-0.2, -0.15) is 0 Å². The summed E-state index contributed by atoms with van der Waals surface area (Å²) in [4.78, 5) is 23.2. The zero-order valence-electron chi connectivity index (χ0n) is 37.5. The molecule has 1 aliphatic rings. The average Bonchev–Trinajstić information content (AvgIpc) is 3.23. The van der Waals surface area contributed by atoms with Crippen LogP contribution >= 0.6 is 7.82 Å². The number of phosphoric acid groups is 1. The second-order valence-corrected chi connectivity index (χ2v) is 18.0. The third-order valence-corrected chi connectivity index (χ3v) is 12.0. The van der Waals surface area contributed by atoms with E-state index in [9.17, 15) is 39.8 Å². The minimum Gasteiger partial charge on any atom is -0.457 e. The highest BCUT2D eigenvalue weighted by Gasteiger charge is 2.51. The topological polar surface area (TPSA) is 192 Å². The zero-order valence-corrected chi connectivity index (χ0v) is 38.4. The molecule has 6 unspecified atom stereocenters. The van der Waals surface area contributed by atoms with Crippen molar-refractivity contribution in [2.75, 3.05) is 19.8 Å². The minimum atomic E-state index is -5.02. The Hall–Kier alpha value is -1.44. The number of aliphatic hydroxyl groups excluding tert-OH is 5. The number of esters is 1. The Morgan fingerprint density at radius 1 is 0.550 bits per heavy atom. The maximum absolute atomic E-state index is 12.8. The van der Waals surface area contributed by atoms with Crippen molar-refractivity contribution in [1.29, 1.82) is 0 Å². The van der Waals surface area contributed by atoms with Crippen molar-refractivity contribution < 1.29 is 58.3 Å². The largest absolute Gasteiger partial charge is 0.472 e. The molecule has 0 bridgehead atoms. The summed E-state index contributed by atoms with van der Waals surface area (Å²) in [5.74, 6) is -0.492. The lowest BCUT2D eigenvalue weighted by Crippen LogP contribution is -2.64. The third kappa shape index (κ3) is 29.8. The predicted molar refractivity (Wildman–Crippen MR) is 239 cm³/mol. The number of hydrogen-bond donors (Lipinski definition) is 6. The summed E-state index contributed by atoms with van der Waals surface area (Å²) in [6.45, 7) is 4.15. The SMILES string of the molecule is CC/C=C\C/C=C\C/C=C\CCCCCCCC(=O)OC(COCCCCCCCCCCCCCCCCCCCC)COP(=O)(O)OC1C(O)C(O)C(O)C(O)C1O. The van der Waals surface area contributed by atoms with E-state index in [0.29, 0.717) is 13.0 Å². The van der Waals surface area contributed by atoms with Gasteiger partial charge >= 0.3 is 13.8 Å². The van der Waals surface area contributed by atoms with Crippen LogP contribution in [0.15, 0.2) is 36.5 Å². The first kappa shape index (κ1) is 56.6. The van der Waals surface area contributed by atoms with E-state index in [1.54, 1.807) is 0 Å². The second-order valence-electron chi connectivity index (χ2n) is 16.6. The van der Waals surface area contributed by atoms with Gasteiger partial charge in [0, 0.05) is 13.0 Å². The Morgan fingerprint density at radius 3 is 1.50 bits per heavy atom. The molecule has 352 valence electrons. The maximum atomic E-state index is 12.8. The van der Waals surface area contributed by atoms with E-state index >= 15 is 0 Å². The molecule has 0 heterocycles. The molecule has 0 saturated heterocycles. The van der Waals surface area contributed by atoms with Gasteiger partial charge in [0.2, 0.25) is 0 Å². The summed E-state index contributed by atoms with van der Waals surface area (Å²) in [6.07, 6.45) is 32.1. The second kappa shape index (κ2) is 38.1. The van der Waals surface area contributed by atoms with Crippen molar-refractivity contribution in [2.24, 2.45) is 0 Å². The molecule has 0 amide bonds. The first-order valence-corrected chi connectivity index (χ1v) is 25.3. The summed E-state index contributed by atoms with van der Waals surface area (Å²) in [6, 6.07) is 0. The van der Waals surface area contributed by atoms with Crippen molar-refractivity contribution in [3.05, 3.63) is 36.5 Å². The van der Waals surface area contributed by atoms with Crippen LogP contribution in [0, 0.1) is 0 Å². The molecular weight excluding hydrogens is 787 g/mol. The van der Waals surface area contributed by atoms with Gasteiger partial charge < -0.3 is 39.9 Å². The summed E-state index contributed by atoms with van der Waals surface area (Å²) < 4.78 is 34.2. The van der Waals surface area contributed by atoms with Gasteiger partial charge in [-0.1, -0.05) is 179 Å². The smallest absolute Gasteiger partial charge is 0.457 e. The monoisotopic (exact) mass is 875 g/mol. The zero-order chi connectivity index (χ0) is 44.1. The number of carbonyl (C=O) groups is 1. The molecule has 0 radical (unpaired) electrons. The molecule has 0 aromatic carbocycles. The lowest BCUT2D eigenvalue weighted by atomic mass is 9.85. The van der Waals surface area contributed by atoms with Gasteiger partial charge in [-0.25, -0.2) is 4.57 Å². The molecule has 1 rings (SSSR count). The van der Waals surface area contributed by atoms with Crippen LogP contribution in [0.4, 0.5) is 0 Å². The van der Waals surface area contributed by atoms with Crippen LogP contribution in [0.1, 0.15) is 194 Å². The quantitative estimate of drug-likeness (QED) is 0.0148. The summed E-state index contributed by atoms with van der Waals surface area (Å²) >= 11 is 0. The van der Waals surface area contributed by atoms with Crippen LogP contribution in [-0.2, 0) is 27.9 Å². The molecule has 0 aliphatic heterocycles. The summed E-state index contributed by atoms with van der Waals surface area (Å²) in [5, 5.41) is 50.2. The number of carbonyl (C=O) groups excluding carboxylic acids is 1. The van der Waals surface area contributed by atoms with Crippen LogP contribution in [0.25, 0.3) is 0 Å². The van der Waals surface area contributed by atoms with Crippen LogP contribution in [0.5, 0.6) is 0 Å². The van der Waals surface area contributed by atoms with Crippen molar-refractivity contribution in [1.82, 2.24) is 0 Å². The van der Waals surface area contributed by atoms with Gasteiger partial charge in [-0.15, -0.1) is 0 Å². The highest BCUT2D eigenvalue weighted by atomic mass is 31.2. The highest BCUT2D eigenvalue weighted by Crippen LogP contribution is 2.47. The fourth-order valence-electron chi connectivity index (χ4n) is 7.25. The molecule has 0 spiro atoms. The number of ether oxygens (including phenoxy) is 2. The number of allylic oxidation sites excluding steroid dienone is 6. The first-order valence-electron chi connectivity index (χ1n) is 23.8. The van der Waals surface area contributed by atoms with Crippen molar-refractivity contribution >= 4 is 13.8 Å². The molecule has 6 N–H and O–H groups in total. The van der Waals surface area contributed by atoms with Crippen molar-refractivity contribution in [3.8, 4) is 0 Å². The van der Waals surface area contributed by atoms with Crippen LogP contribution < -0.4 is 0 Å². The van der Waals surface area contributed by atoms with E-state index < -0.39 is 63.1 Å². The first-order chi connectivity index (χ1) is 29.0. The van der Waals surface area contributed by atoms with Gasteiger partial charge in [-0.3, -0.25) is 13.8 Å². The molecule has 12 nitrogen and oxygen atoms in total. The number of hydrogen-bond acceptors (Lipinski definition) is 11. The highest BCUT2D eigenvalue weighted by molar-refractivity contribution is 7.47. The normalized spacial score (nSPS) is 22.6. The van der Waals surface area contributed by atoms with Crippen molar-refractivity contribution in [2.45, 2.75) is 236 Å². The van der Waals surface area contributed by atoms with E-state index in [1.807, 2.05) is 0 Å². The molecular formula is C47H87O12P. The van der Waals surface area contributed by atoms with Gasteiger partial charge in [0.15, 0.2) is 0 Å². The van der Waals surface area contributed by atoms with E-state index in [4.69, 9.17) is 18.5 Å².